The fraction of sp³-hybridized carbons (Fsp3) is 0.500. The highest BCUT2D eigenvalue weighted by molar-refractivity contribution is 5.93. The second-order valence-electron chi connectivity index (χ2n) is 4.22. The van der Waals surface area contributed by atoms with E-state index in [9.17, 15) is 4.79 Å². The lowest BCUT2D eigenvalue weighted by molar-refractivity contribution is -0.120. The topological polar surface area (TPSA) is 54.0 Å². The van der Waals surface area contributed by atoms with Crippen LogP contribution in [-0.2, 0) is 4.79 Å². The van der Waals surface area contributed by atoms with Gasteiger partial charge >= 0.3 is 0 Å². The van der Waals surface area contributed by atoms with E-state index in [1.807, 2.05) is 13.0 Å². The fourth-order valence-corrected chi connectivity index (χ4v) is 1.92. The zero-order valence-corrected chi connectivity index (χ0v) is 9.49. The van der Waals surface area contributed by atoms with Gasteiger partial charge in [-0.25, -0.2) is 0 Å². The van der Waals surface area contributed by atoms with Crippen LogP contribution in [0.4, 0.5) is 5.69 Å². The third-order valence-corrected chi connectivity index (χ3v) is 2.95. The molecule has 16 heavy (non-hydrogen) atoms. The molecule has 2 rings (SSSR count). The molecule has 1 aromatic heterocycles. The summed E-state index contributed by atoms with van der Waals surface area (Å²) in [5.41, 5.74) is 1.87. The molecule has 2 N–H and O–H groups in total. The Morgan fingerprint density at radius 1 is 1.62 bits per heavy atom. The number of aromatic nitrogens is 1. The maximum absolute atomic E-state index is 11.9. The number of carbonyl (C=O) groups is 1. The van der Waals surface area contributed by atoms with E-state index in [4.69, 9.17) is 0 Å². The van der Waals surface area contributed by atoms with Crippen LogP contribution < -0.4 is 10.6 Å². The monoisotopic (exact) mass is 219 g/mol. The van der Waals surface area contributed by atoms with E-state index in [1.165, 1.54) is 0 Å². The summed E-state index contributed by atoms with van der Waals surface area (Å²) in [7, 11) is 0. The van der Waals surface area contributed by atoms with Crippen molar-refractivity contribution in [3.8, 4) is 0 Å². The average molecular weight is 219 g/mol. The van der Waals surface area contributed by atoms with E-state index in [-0.39, 0.29) is 11.8 Å². The van der Waals surface area contributed by atoms with Gasteiger partial charge in [0.15, 0.2) is 0 Å². The van der Waals surface area contributed by atoms with Crippen LogP contribution in [0.15, 0.2) is 18.5 Å². The van der Waals surface area contributed by atoms with Gasteiger partial charge < -0.3 is 10.6 Å². The number of aryl methyl sites for hydroxylation is 1. The van der Waals surface area contributed by atoms with Crippen molar-refractivity contribution in [3.05, 3.63) is 24.0 Å². The highest BCUT2D eigenvalue weighted by Crippen LogP contribution is 2.16. The molecule has 1 fully saturated rings. The van der Waals surface area contributed by atoms with Crippen molar-refractivity contribution in [1.29, 1.82) is 0 Å². The number of nitrogens with zero attached hydrogens (tertiary/aromatic N) is 1. The first-order valence-corrected chi connectivity index (χ1v) is 5.69. The molecular weight excluding hydrogens is 202 g/mol. The lowest BCUT2D eigenvalue weighted by atomic mass is 9.98. The van der Waals surface area contributed by atoms with Gasteiger partial charge in [0.25, 0.3) is 0 Å². The minimum atomic E-state index is 0.0984. The molecule has 2 heterocycles. The van der Waals surface area contributed by atoms with Crippen LogP contribution in [-0.4, -0.2) is 24.0 Å². The molecule has 1 aromatic rings. The lowest BCUT2D eigenvalue weighted by Crippen LogP contribution is -2.37. The molecule has 4 heteroatoms. The molecule has 1 saturated heterocycles. The average Bonchev–Trinajstić information content (AvgIpc) is 2.33. The number of carbonyl (C=O) groups excluding carboxylic acids is 1. The van der Waals surface area contributed by atoms with Gasteiger partial charge in [-0.05, 0) is 37.9 Å². The van der Waals surface area contributed by atoms with Gasteiger partial charge in [0.2, 0.25) is 5.91 Å². The van der Waals surface area contributed by atoms with Crippen LogP contribution in [0, 0.1) is 12.8 Å². The van der Waals surface area contributed by atoms with Crippen molar-refractivity contribution in [2.75, 3.05) is 18.4 Å². The Hall–Kier alpha value is -1.42. The van der Waals surface area contributed by atoms with Crippen molar-refractivity contribution in [1.82, 2.24) is 10.3 Å². The minimum absolute atomic E-state index is 0.0984. The minimum Gasteiger partial charge on any atom is -0.325 e. The Labute approximate surface area is 95.5 Å². The highest BCUT2D eigenvalue weighted by atomic mass is 16.1. The number of hydrogen-bond donors (Lipinski definition) is 2. The molecule has 0 aromatic carbocycles. The second-order valence-corrected chi connectivity index (χ2v) is 4.22. The number of amides is 1. The van der Waals surface area contributed by atoms with E-state index in [0.717, 1.165) is 37.2 Å². The standard InChI is InChI=1S/C12H17N3O/c1-9-7-14-6-4-11(9)15-12(16)10-3-2-5-13-8-10/h4,6-7,10,13H,2-3,5,8H2,1H3,(H,14,15,16). The van der Waals surface area contributed by atoms with Gasteiger partial charge in [-0.1, -0.05) is 0 Å². The Bertz CT molecular complexity index is 372. The van der Waals surface area contributed by atoms with Crippen molar-refractivity contribution >= 4 is 11.6 Å². The SMILES string of the molecule is Cc1cnccc1NC(=O)C1CCCNC1. The summed E-state index contributed by atoms with van der Waals surface area (Å²) >= 11 is 0. The van der Waals surface area contributed by atoms with E-state index >= 15 is 0 Å². The van der Waals surface area contributed by atoms with Crippen LogP contribution in [0.25, 0.3) is 0 Å². The number of anilines is 1. The molecule has 0 radical (unpaired) electrons. The number of rotatable bonds is 2. The maximum atomic E-state index is 11.9. The molecular formula is C12H17N3O. The van der Waals surface area contributed by atoms with E-state index in [1.54, 1.807) is 12.4 Å². The predicted octanol–water partition coefficient (Wildman–Crippen LogP) is 1.33. The largest absolute Gasteiger partial charge is 0.325 e. The zero-order valence-electron chi connectivity index (χ0n) is 9.49. The molecule has 0 aliphatic carbocycles. The van der Waals surface area contributed by atoms with Crippen LogP contribution >= 0.6 is 0 Å². The van der Waals surface area contributed by atoms with E-state index < -0.39 is 0 Å². The number of piperidine rings is 1. The molecule has 1 atom stereocenters. The van der Waals surface area contributed by atoms with E-state index in [0.29, 0.717) is 0 Å². The molecule has 86 valence electrons. The van der Waals surface area contributed by atoms with Crippen LogP contribution in [0.1, 0.15) is 18.4 Å². The van der Waals surface area contributed by atoms with E-state index in [2.05, 4.69) is 15.6 Å². The number of nitrogens with one attached hydrogen (secondary N) is 2. The summed E-state index contributed by atoms with van der Waals surface area (Å²) < 4.78 is 0. The van der Waals surface area contributed by atoms with Crippen molar-refractivity contribution in [3.63, 3.8) is 0 Å². The van der Waals surface area contributed by atoms with Gasteiger partial charge in [-0.3, -0.25) is 9.78 Å². The summed E-state index contributed by atoms with van der Waals surface area (Å²) in [6.45, 7) is 3.76. The first kappa shape index (κ1) is 11.1. The lowest BCUT2D eigenvalue weighted by Gasteiger charge is -2.22. The summed E-state index contributed by atoms with van der Waals surface area (Å²) in [5.74, 6) is 0.211. The van der Waals surface area contributed by atoms with Gasteiger partial charge in [0.1, 0.15) is 0 Å². The fourth-order valence-electron chi connectivity index (χ4n) is 1.92. The smallest absolute Gasteiger partial charge is 0.228 e. The normalized spacial score (nSPS) is 20.4. The Balaban J connectivity index is 1.99. The summed E-state index contributed by atoms with van der Waals surface area (Å²) in [6.07, 6.45) is 5.51. The van der Waals surface area contributed by atoms with Gasteiger partial charge in [0.05, 0.1) is 5.92 Å². The van der Waals surface area contributed by atoms with Crippen molar-refractivity contribution < 1.29 is 4.79 Å². The van der Waals surface area contributed by atoms with Crippen LogP contribution in [0.2, 0.25) is 0 Å². The van der Waals surface area contributed by atoms with Crippen LogP contribution in [0.3, 0.4) is 0 Å². The molecule has 0 spiro atoms. The maximum Gasteiger partial charge on any atom is 0.228 e. The van der Waals surface area contributed by atoms with Crippen molar-refractivity contribution in [2.24, 2.45) is 5.92 Å². The predicted molar refractivity (Wildman–Crippen MR) is 63.2 cm³/mol. The highest BCUT2D eigenvalue weighted by Gasteiger charge is 2.20. The quantitative estimate of drug-likeness (QED) is 0.789. The Morgan fingerprint density at radius 3 is 3.19 bits per heavy atom. The molecule has 1 aliphatic rings. The zero-order chi connectivity index (χ0) is 11.4. The Morgan fingerprint density at radius 2 is 2.50 bits per heavy atom. The molecule has 1 aliphatic heterocycles. The van der Waals surface area contributed by atoms with Gasteiger partial charge in [-0.2, -0.15) is 0 Å². The molecule has 4 nitrogen and oxygen atoms in total. The second kappa shape index (κ2) is 5.07. The molecule has 1 amide bonds. The van der Waals surface area contributed by atoms with Gasteiger partial charge in [0, 0.05) is 24.6 Å². The van der Waals surface area contributed by atoms with Crippen molar-refractivity contribution in [2.45, 2.75) is 19.8 Å². The first-order valence-electron chi connectivity index (χ1n) is 5.69. The molecule has 0 bridgehead atoms. The summed E-state index contributed by atoms with van der Waals surface area (Å²) in [4.78, 5) is 15.9. The third-order valence-electron chi connectivity index (χ3n) is 2.95. The Kier molecular flexibility index (Phi) is 3.51. The van der Waals surface area contributed by atoms with Gasteiger partial charge in [-0.15, -0.1) is 0 Å². The summed E-state index contributed by atoms with van der Waals surface area (Å²) in [6, 6.07) is 1.84. The number of pyridine rings is 1. The molecule has 0 saturated carbocycles. The molecule has 1 unspecified atom stereocenters. The van der Waals surface area contributed by atoms with Crippen LogP contribution in [0.5, 0.6) is 0 Å². The first-order chi connectivity index (χ1) is 7.77. The third kappa shape index (κ3) is 2.58. The number of hydrogen-bond acceptors (Lipinski definition) is 3. The summed E-state index contributed by atoms with van der Waals surface area (Å²) in [5, 5.41) is 6.20.